The van der Waals surface area contributed by atoms with Crippen LogP contribution in [0.4, 0.5) is 0 Å². The molecule has 0 saturated carbocycles. The predicted molar refractivity (Wildman–Crippen MR) is 72.0 cm³/mol. The van der Waals surface area contributed by atoms with Crippen molar-refractivity contribution in [3.63, 3.8) is 0 Å². The minimum absolute atomic E-state index is 0.0134. The summed E-state index contributed by atoms with van der Waals surface area (Å²) in [6.45, 7) is 1.33. The fraction of sp³-hybridized carbons (Fsp3) is 0.333. The summed E-state index contributed by atoms with van der Waals surface area (Å²) in [5.41, 5.74) is 6.16. The molecule has 2 N–H and O–H groups in total. The van der Waals surface area contributed by atoms with E-state index in [1.165, 1.54) is 0 Å². The highest BCUT2D eigenvalue weighted by Crippen LogP contribution is 2.14. The van der Waals surface area contributed by atoms with Crippen molar-refractivity contribution < 1.29 is 0 Å². The molecular weight excluding hydrogens is 282 g/mol. The van der Waals surface area contributed by atoms with E-state index in [0.717, 1.165) is 22.8 Å². The third kappa shape index (κ3) is 2.73. The molecule has 0 spiro atoms. The van der Waals surface area contributed by atoms with Crippen molar-refractivity contribution in [2.75, 3.05) is 6.54 Å². The van der Waals surface area contributed by atoms with E-state index < -0.39 is 0 Å². The molecule has 0 atom stereocenters. The van der Waals surface area contributed by atoms with E-state index in [1.807, 2.05) is 12.1 Å². The Balaban J connectivity index is 2.37. The minimum atomic E-state index is 0.0134. The van der Waals surface area contributed by atoms with Gasteiger partial charge in [0.2, 0.25) is 0 Å². The van der Waals surface area contributed by atoms with E-state index in [9.17, 15) is 4.79 Å². The van der Waals surface area contributed by atoms with Crippen LogP contribution >= 0.6 is 15.9 Å². The molecule has 1 aromatic carbocycles. The maximum Gasteiger partial charge on any atom is 0.261 e. The summed E-state index contributed by atoms with van der Waals surface area (Å²) in [6, 6.07) is 5.50. The average molecular weight is 296 g/mol. The molecule has 0 amide bonds. The summed E-state index contributed by atoms with van der Waals surface area (Å²) in [5.74, 6) is 0. The Hall–Kier alpha value is -1.20. The van der Waals surface area contributed by atoms with E-state index in [0.29, 0.717) is 18.5 Å². The summed E-state index contributed by atoms with van der Waals surface area (Å²) in [4.78, 5) is 16.4. The van der Waals surface area contributed by atoms with Crippen LogP contribution in [0.5, 0.6) is 0 Å². The number of benzene rings is 1. The summed E-state index contributed by atoms with van der Waals surface area (Å²) in [6.07, 6.45) is 3.43. The van der Waals surface area contributed by atoms with Crippen molar-refractivity contribution in [2.45, 2.75) is 19.4 Å². The zero-order valence-corrected chi connectivity index (χ0v) is 11.0. The van der Waals surface area contributed by atoms with Gasteiger partial charge in [-0.15, -0.1) is 0 Å². The topological polar surface area (TPSA) is 60.9 Å². The second kappa shape index (κ2) is 5.42. The summed E-state index contributed by atoms with van der Waals surface area (Å²) in [5, 5.41) is 0.656. The lowest BCUT2D eigenvalue weighted by molar-refractivity contribution is 0.594. The Morgan fingerprint density at radius 1 is 1.35 bits per heavy atom. The van der Waals surface area contributed by atoms with Gasteiger partial charge in [0.15, 0.2) is 0 Å². The molecule has 4 nitrogen and oxygen atoms in total. The molecule has 17 heavy (non-hydrogen) atoms. The summed E-state index contributed by atoms with van der Waals surface area (Å²) < 4.78 is 2.57. The maximum absolute atomic E-state index is 12.1. The smallest absolute Gasteiger partial charge is 0.261 e. The lowest BCUT2D eigenvalue weighted by Gasteiger charge is -2.06. The van der Waals surface area contributed by atoms with Gasteiger partial charge < -0.3 is 5.73 Å². The standard InChI is InChI=1S/C12H14BrN3O/c13-9-3-4-10-11(7-9)15-8-16(12(10)17)6-2-1-5-14/h3-4,7-8H,1-2,5-6,14H2. The van der Waals surface area contributed by atoms with Crippen molar-refractivity contribution in [3.8, 4) is 0 Å². The van der Waals surface area contributed by atoms with Gasteiger partial charge in [0, 0.05) is 11.0 Å². The van der Waals surface area contributed by atoms with E-state index >= 15 is 0 Å². The van der Waals surface area contributed by atoms with Gasteiger partial charge in [-0.05, 0) is 37.6 Å². The van der Waals surface area contributed by atoms with Gasteiger partial charge in [0.25, 0.3) is 5.56 Å². The van der Waals surface area contributed by atoms with Crippen molar-refractivity contribution in [1.82, 2.24) is 9.55 Å². The number of hydrogen-bond acceptors (Lipinski definition) is 3. The van der Waals surface area contributed by atoms with Gasteiger partial charge in [-0.1, -0.05) is 15.9 Å². The minimum Gasteiger partial charge on any atom is -0.330 e. The van der Waals surface area contributed by atoms with Crippen molar-refractivity contribution >= 4 is 26.8 Å². The third-order valence-corrected chi connectivity index (χ3v) is 3.13. The first-order chi connectivity index (χ1) is 8.22. The van der Waals surface area contributed by atoms with Gasteiger partial charge in [-0.3, -0.25) is 9.36 Å². The first kappa shape index (κ1) is 12.3. The number of nitrogens with two attached hydrogens (primary N) is 1. The maximum atomic E-state index is 12.1. The number of aromatic nitrogens is 2. The zero-order valence-electron chi connectivity index (χ0n) is 9.40. The molecule has 0 radical (unpaired) electrons. The largest absolute Gasteiger partial charge is 0.330 e. The fourth-order valence-corrected chi connectivity index (χ4v) is 2.07. The molecular formula is C12H14BrN3O. The van der Waals surface area contributed by atoms with E-state index in [2.05, 4.69) is 20.9 Å². The number of rotatable bonds is 4. The Morgan fingerprint density at radius 3 is 2.94 bits per heavy atom. The predicted octanol–water partition coefficient (Wildman–Crippen LogP) is 1.90. The average Bonchev–Trinajstić information content (AvgIpc) is 2.32. The third-order valence-electron chi connectivity index (χ3n) is 2.64. The quantitative estimate of drug-likeness (QED) is 0.877. The molecule has 0 aliphatic rings. The molecule has 2 rings (SSSR count). The first-order valence-electron chi connectivity index (χ1n) is 5.57. The van der Waals surface area contributed by atoms with Crippen LogP contribution in [0.2, 0.25) is 0 Å². The van der Waals surface area contributed by atoms with Gasteiger partial charge in [-0.2, -0.15) is 0 Å². The van der Waals surface area contributed by atoms with Crippen molar-refractivity contribution in [3.05, 3.63) is 39.4 Å². The normalized spacial score (nSPS) is 10.9. The highest BCUT2D eigenvalue weighted by atomic mass is 79.9. The lowest BCUT2D eigenvalue weighted by Crippen LogP contribution is -2.21. The molecule has 0 aliphatic carbocycles. The molecule has 0 saturated heterocycles. The number of hydrogen-bond donors (Lipinski definition) is 1. The van der Waals surface area contributed by atoms with Crippen LogP contribution < -0.4 is 11.3 Å². The summed E-state index contributed by atoms with van der Waals surface area (Å²) in [7, 11) is 0. The van der Waals surface area contributed by atoms with Gasteiger partial charge in [0.1, 0.15) is 0 Å². The molecule has 5 heteroatoms. The lowest BCUT2D eigenvalue weighted by atomic mass is 10.2. The molecule has 2 aromatic rings. The van der Waals surface area contributed by atoms with Crippen LogP contribution in [0, 0.1) is 0 Å². The molecule has 0 bridgehead atoms. The summed E-state index contributed by atoms with van der Waals surface area (Å²) >= 11 is 3.36. The highest BCUT2D eigenvalue weighted by molar-refractivity contribution is 9.10. The first-order valence-corrected chi connectivity index (χ1v) is 6.36. The van der Waals surface area contributed by atoms with Crippen LogP contribution in [0.15, 0.2) is 33.8 Å². The number of fused-ring (bicyclic) bond motifs is 1. The van der Waals surface area contributed by atoms with Crippen LogP contribution in [0.25, 0.3) is 10.9 Å². The Bertz CT molecular complexity index is 579. The molecule has 0 fully saturated rings. The Kier molecular flexibility index (Phi) is 3.91. The number of aryl methyl sites for hydroxylation is 1. The van der Waals surface area contributed by atoms with E-state index in [-0.39, 0.29) is 5.56 Å². The SMILES string of the molecule is NCCCCn1cnc2cc(Br)ccc2c1=O. The van der Waals surface area contributed by atoms with Crippen LogP contribution in [0.3, 0.4) is 0 Å². The van der Waals surface area contributed by atoms with Crippen LogP contribution in [-0.4, -0.2) is 16.1 Å². The second-order valence-electron chi connectivity index (χ2n) is 3.90. The van der Waals surface area contributed by atoms with Crippen molar-refractivity contribution in [1.29, 1.82) is 0 Å². The molecule has 1 aromatic heterocycles. The number of halogens is 1. The van der Waals surface area contributed by atoms with Crippen molar-refractivity contribution in [2.24, 2.45) is 5.73 Å². The Morgan fingerprint density at radius 2 is 2.18 bits per heavy atom. The van der Waals surface area contributed by atoms with Gasteiger partial charge >= 0.3 is 0 Å². The Labute approximate surface area is 108 Å². The fourth-order valence-electron chi connectivity index (χ4n) is 1.72. The highest BCUT2D eigenvalue weighted by Gasteiger charge is 2.03. The number of unbranched alkanes of at least 4 members (excludes halogenated alkanes) is 1. The number of nitrogens with zero attached hydrogens (tertiary/aromatic N) is 2. The monoisotopic (exact) mass is 295 g/mol. The second-order valence-corrected chi connectivity index (χ2v) is 4.82. The van der Waals surface area contributed by atoms with E-state index in [1.54, 1.807) is 17.0 Å². The molecule has 0 aliphatic heterocycles. The van der Waals surface area contributed by atoms with E-state index in [4.69, 9.17) is 5.73 Å². The molecule has 90 valence electrons. The van der Waals surface area contributed by atoms with Gasteiger partial charge in [0.05, 0.1) is 17.2 Å². The van der Waals surface area contributed by atoms with Crippen LogP contribution in [-0.2, 0) is 6.54 Å². The van der Waals surface area contributed by atoms with Gasteiger partial charge in [-0.25, -0.2) is 4.98 Å². The zero-order chi connectivity index (χ0) is 12.3. The molecule has 0 unspecified atom stereocenters. The van der Waals surface area contributed by atoms with Crippen LogP contribution in [0.1, 0.15) is 12.8 Å². The molecule has 1 heterocycles.